The first kappa shape index (κ1) is 19.3. The maximum atomic E-state index is 13.1. The zero-order valence-corrected chi connectivity index (χ0v) is 18.2. The van der Waals surface area contributed by atoms with E-state index in [1.54, 1.807) is 0 Å². The number of benzene rings is 3. The minimum Gasteiger partial charge on any atom is -0.266 e. The summed E-state index contributed by atoms with van der Waals surface area (Å²) in [5, 5.41) is 9.26. The van der Waals surface area contributed by atoms with Gasteiger partial charge in [0.15, 0.2) is 5.82 Å². The smallest absolute Gasteiger partial charge is 0.266 e. The normalized spacial score (nSPS) is 11.9. The van der Waals surface area contributed by atoms with Gasteiger partial charge in [0.1, 0.15) is 0 Å². The van der Waals surface area contributed by atoms with Crippen molar-refractivity contribution in [2.24, 2.45) is 0 Å². The van der Waals surface area contributed by atoms with Gasteiger partial charge in [0.2, 0.25) is 4.96 Å². The fourth-order valence-corrected chi connectivity index (χ4v) is 4.61. The van der Waals surface area contributed by atoms with Gasteiger partial charge in [-0.25, -0.2) is 4.68 Å². The average molecular weight is 448 g/mol. The van der Waals surface area contributed by atoms with Crippen molar-refractivity contribution in [3.8, 4) is 28.3 Å². The number of fused-ring (bicyclic) bond motifs is 1. The van der Waals surface area contributed by atoms with Crippen LogP contribution in [0.1, 0.15) is 5.56 Å². The summed E-state index contributed by atoms with van der Waals surface area (Å²) in [5.74, 6) is 0.548. The summed E-state index contributed by atoms with van der Waals surface area (Å²) in [6.45, 7) is 0. The van der Waals surface area contributed by atoms with E-state index in [1.807, 2.05) is 108 Å². The van der Waals surface area contributed by atoms with E-state index in [1.165, 1.54) is 15.9 Å². The lowest BCUT2D eigenvalue weighted by Crippen LogP contribution is -2.23. The molecule has 0 aliphatic rings. The second-order valence-corrected chi connectivity index (χ2v) is 8.50. The molecule has 0 saturated heterocycles. The lowest BCUT2D eigenvalue weighted by atomic mass is 10.1. The number of rotatable bonds is 4. The fraction of sp³-hybridized carbons (Fsp3) is 0. The van der Waals surface area contributed by atoms with E-state index in [2.05, 4.69) is 10.1 Å². The van der Waals surface area contributed by atoms with Gasteiger partial charge in [-0.05, 0) is 18.2 Å². The Labute approximate surface area is 192 Å². The lowest BCUT2D eigenvalue weighted by Gasteiger charge is -2.00. The highest BCUT2D eigenvalue weighted by Gasteiger charge is 2.14. The molecule has 6 nitrogen and oxygen atoms in total. The Balaban J connectivity index is 1.50. The monoisotopic (exact) mass is 447 g/mol. The van der Waals surface area contributed by atoms with Crippen molar-refractivity contribution in [2.45, 2.75) is 0 Å². The second kappa shape index (κ2) is 7.96. The van der Waals surface area contributed by atoms with Crippen LogP contribution < -0.4 is 10.1 Å². The molecule has 0 saturated carbocycles. The van der Waals surface area contributed by atoms with Crippen LogP contribution in [0.2, 0.25) is 0 Å². The Morgan fingerprint density at radius 1 is 0.758 bits per heavy atom. The summed E-state index contributed by atoms with van der Waals surface area (Å²) >= 11 is 1.33. The molecule has 33 heavy (non-hydrogen) atoms. The first-order valence-corrected chi connectivity index (χ1v) is 11.3. The first-order valence-electron chi connectivity index (χ1n) is 10.4. The Morgan fingerprint density at radius 3 is 2.06 bits per heavy atom. The lowest BCUT2D eigenvalue weighted by molar-refractivity contribution is 0.884. The third-order valence-electron chi connectivity index (χ3n) is 5.31. The Hall–Kier alpha value is -4.36. The molecule has 7 heteroatoms. The van der Waals surface area contributed by atoms with Gasteiger partial charge in [-0.15, -0.1) is 5.10 Å². The van der Waals surface area contributed by atoms with Gasteiger partial charge in [0.25, 0.3) is 5.56 Å². The van der Waals surface area contributed by atoms with Crippen LogP contribution in [-0.2, 0) is 0 Å². The number of aromatic nitrogens is 5. The van der Waals surface area contributed by atoms with Gasteiger partial charge in [0.05, 0.1) is 15.9 Å². The molecule has 0 fully saturated rings. The highest BCUT2D eigenvalue weighted by Crippen LogP contribution is 2.24. The van der Waals surface area contributed by atoms with Crippen molar-refractivity contribution in [3.63, 3.8) is 0 Å². The average Bonchev–Trinajstić information content (AvgIpc) is 3.56. The third-order valence-corrected chi connectivity index (χ3v) is 6.27. The van der Waals surface area contributed by atoms with E-state index in [-0.39, 0.29) is 5.56 Å². The Kier molecular flexibility index (Phi) is 4.66. The van der Waals surface area contributed by atoms with Crippen LogP contribution in [0.25, 0.3) is 39.4 Å². The Morgan fingerprint density at radius 2 is 1.39 bits per heavy atom. The van der Waals surface area contributed by atoms with Gasteiger partial charge in [-0.3, -0.25) is 4.79 Å². The van der Waals surface area contributed by atoms with E-state index >= 15 is 0 Å². The predicted molar refractivity (Wildman–Crippen MR) is 130 cm³/mol. The third kappa shape index (κ3) is 3.54. The minimum atomic E-state index is -0.184. The van der Waals surface area contributed by atoms with Crippen LogP contribution in [0.4, 0.5) is 0 Å². The van der Waals surface area contributed by atoms with E-state index in [0.717, 1.165) is 28.1 Å². The van der Waals surface area contributed by atoms with Gasteiger partial charge < -0.3 is 0 Å². The number of hydrogen-bond acceptors (Lipinski definition) is 5. The molecule has 0 atom stereocenters. The zero-order chi connectivity index (χ0) is 22.2. The molecule has 3 heterocycles. The molecule has 0 radical (unpaired) electrons. The van der Waals surface area contributed by atoms with Crippen LogP contribution in [0.3, 0.4) is 0 Å². The van der Waals surface area contributed by atoms with E-state index in [0.29, 0.717) is 15.3 Å². The summed E-state index contributed by atoms with van der Waals surface area (Å²) in [4.78, 5) is 18.3. The summed E-state index contributed by atoms with van der Waals surface area (Å²) in [7, 11) is 0. The van der Waals surface area contributed by atoms with Crippen LogP contribution >= 0.6 is 11.3 Å². The van der Waals surface area contributed by atoms with Crippen LogP contribution in [0.15, 0.2) is 102 Å². The maximum Gasteiger partial charge on any atom is 0.291 e. The summed E-state index contributed by atoms with van der Waals surface area (Å²) in [6, 6.07) is 29.5. The molecular formula is C26H17N5OS. The molecular weight excluding hydrogens is 430 g/mol. The van der Waals surface area contributed by atoms with Crippen LogP contribution in [0, 0.1) is 0 Å². The molecule has 0 unspecified atom stereocenters. The van der Waals surface area contributed by atoms with Crippen molar-refractivity contribution in [2.75, 3.05) is 0 Å². The van der Waals surface area contributed by atoms with E-state index in [9.17, 15) is 4.79 Å². The molecule has 3 aromatic heterocycles. The zero-order valence-electron chi connectivity index (χ0n) is 17.4. The molecule has 0 aliphatic heterocycles. The second-order valence-electron chi connectivity index (χ2n) is 7.49. The van der Waals surface area contributed by atoms with E-state index < -0.39 is 0 Å². The van der Waals surface area contributed by atoms with Crippen molar-refractivity contribution in [1.82, 2.24) is 24.4 Å². The fourth-order valence-electron chi connectivity index (χ4n) is 3.71. The van der Waals surface area contributed by atoms with Crippen molar-refractivity contribution < 1.29 is 0 Å². The molecule has 0 bridgehead atoms. The number of nitrogens with zero attached hydrogens (tertiary/aromatic N) is 5. The molecule has 0 spiro atoms. The topological polar surface area (TPSA) is 65.1 Å². The Bertz CT molecular complexity index is 1670. The summed E-state index contributed by atoms with van der Waals surface area (Å²) in [5.41, 5.74) is 4.30. The highest BCUT2D eigenvalue weighted by atomic mass is 32.1. The molecule has 3 aromatic carbocycles. The van der Waals surface area contributed by atoms with Crippen molar-refractivity contribution in [1.29, 1.82) is 0 Å². The van der Waals surface area contributed by atoms with Crippen molar-refractivity contribution in [3.05, 3.63) is 118 Å². The maximum absolute atomic E-state index is 13.1. The largest absolute Gasteiger partial charge is 0.291 e. The standard InChI is InChI=1S/C26H17N5OS/c32-25-22(33-26-27-24(29-31(25)26)19-12-6-2-7-13-19)16-20-17-30(21-14-8-3-9-15-21)28-23(20)18-10-4-1-5-11-18/h1-17H. The van der Waals surface area contributed by atoms with Gasteiger partial charge >= 0.3 is 0 Å². The summed E-state index contributed by atoms with van der Waals surface area (Å²) < 4.78 is 3.78. The van der Waals surface area contributed by atoms with Gasteiger partial charge in [-0.2, -0.15) is 14.6 Å². The van der Waals surface area contributed by atoms with Gasteiger partial charge in [0, 0.05) is 22.9 Å². The van der Waals surface area contributed by atoms with E-state index in [4.69, 9.17) is 5.10 Å². The number of para-hydroxylation sites is 1. The number of hydrogen-bond donors (Lipinski definition) is 0. The van der Waals surface area contributed by atoms with Crippen molar-refractivity contribution >= 4 is 22.4 Å². The van der Waals surface area contributed by atoms with Gasteiger partial charge in [-0.1, -0.05) is 90.2 Å². The molecule has 158 valence electrons. The SMILES string of the molecule is O=c1c(=Cc2cn(-c3ccccc3)nc2-c2ccccc2)sc2nc(-c3ccccc3)nn12. The van der Waals surface area contributed by atoms with Crippen LogP contribution in [-0.4, -0.2) is 24.4 Å². The highest BCUT2D eigenvalue weighted by molar-refractivity contribution is 7.15. The number of thiazole rings is 1. The molecule has 0 amide bonds. The predicted octanol–water partition coefficient (Wildman–Crippen LogP) is 4.22. The molecule has 6 aromatic rings. The first-order chi connectivity index (χ1) is 16.3. The molecule has 0 aliphatic carbocycles. The molecule has 6 rings (SSSR count). The quantitative estimate of drug-likeness (QED) is 0.406. The molecule has 0 N–H and O–H groups in total. The minimum absolute atomic E-state index is 0.184. The summed E-state index contributed by atoms with van der Waals surface area (Å²) in [6.07, 6.45) is 3.82. The van der Waals surface area contributed by atoms with Crippen LogP contribution in [0.5, 0.6) is 0 Å².